The number of fused-ring (bicyclic) bond motifs is 2. The van der Waals surface area contributed by atoms with E-state index in [9.17, 15) is 54.4 Å². The van der Waals surface area contributed by atoms with Gasteiger partial charge in [0.1, 0.15) is 42.4 Å². The Kier molecular flexibility index (Phi) is 8.07. The van der Waals surface area contributed by atoms with Crippen molar-refractivity contribution in [3.8, 4) is 23.6 Å². The first kappa shape index (κ1) is 33.0. The monoisotopic (exact) mass is 674 g/mol. The summed E-state index contributed by atoms with van der Waals surface area (Å²) in [6, 6.07) is 4.75. The van der Waals surface area contributed by atoms with Crippen LogP contribution in [0.5, 0.6) is 11.5 Å². The number of hydrogen-bond donors (Lipinski definition) is 0. The molecule has 2 heterocycles. The summed E-state index contributed by atoms with van der Waals surface area (Å²) in [7, 11) is 0. The van der Waals surface area contributed by atoms with Gasteiger partial charge >= 0.3 is 18.5 Å². The van der Waals surface area contributed by atoms with E-state index in [1.807, 2.05) is 0 Å². The maximum atomic E-state index is 14.3. The van der Waals surface area contributed by atoms with Crippen molar-refractivity contribution in [1.29, 1.82) is 10.5 Å². The molecule has 0 saturated heterocycles. The first-order valence-corrected chi connectivity index (χ1v) is 12.7. The molecule has 2 aromatic heterocycles. The first-order chi connectivity index (χ1) is 22.5. The van der Waals surface area contributed by atoms with Crippen LogP contribution in [0.15, 0.2) is 46.8 Å². The number of benzene rings is 1. The Morgan fingerprint density at radius 2 is 1.02 bits per heavy atom. The summed E-state index contributed by atoms with van der Waals surface area (Å²) in [5.41, 5.74) is -6.62. The highest BCUT2D eigenvalue weighted by Gasteiger charge is 2.43. The number of pyridine rings is 2. The van der Waals surface area contributed by atoms with Crippen molar-refractivity contribution in [1.82, 2.24) is 9.97 Å². The smallest absolute Gasteiger partial charge is 0.405 e. The largest absolute Gasteiger partial charge is 0.573 e. The summed E-state index contributed by atoms with van der Waals surface area (Å²) < 4.78 is 151. The van der Waals surface area contributed by atoms with Gasteiger partial charge in [-0.1, -0.05) is 0 Å². The SMILES string of the molecule is [C-]#[N+]C([N+]#[C-])=C1Cc2c(OC(F)(F)F)c3c(c(OC(F)(F)F)c2=C1c1cc(F)nc(F)c1)CC(=C(C#N)C#N)C=3c1cc(F)nc(F)c1. The number of rotatable bonds is 4. The van der Waals surface area contributed by atoms with Gasteiger partial charge in [0, 0.05) is 58.7 Å². The second kappa shape index (κ2) is 11.8. The van der Waals surface area contributed by atoms with Crippen LogP contribution in [-0.4, -0.2) is 22.7 Å². The van der Waals surface area contributed by atoms with Crippen molar-refractivity contribution in [3.05, 3.63) is 126 Å². The number of aromatic nitrogens is 2. The van der Waals surface area contributed by atoms with E-state index in [4.69, 9.17) is 13.1 Å². The molecular weight excluding hydrogens is 666 g/mol. The number of allylic oxidation sites excluding steroid dienone is 3. The third-order valence-electron chi connectivity index (χ3n) is 6.96. The number of ether oxygens (including phenoxy) is 2. The number of hydrogen-bond acceptors (Lipinski definition) is 6. The van der Waals surface area contributed by atoms with Gasteiger partial charge in [0.15, 0.2) is 0 Å². The molecule has 240 valence electrons. The molecule has 0 radical (unpaired) electrons. The highest BCUT2D eigenvalue weighted by Crippen LogP contribution is 2.43. The van der Waals surface area contributed by atoms with Crippen LogP contribution >= 0.6 is 0 Å². The average molecular weight is 674 g/mol. The normalized spacial score (nSPS) is 13.6. The molecule has 0 bridgehead atoms. The number of halogens is 10. The van der Waals surface area contributed by atoms with Gasteiger partial charge in [-0.2, -0.15) is 47.7 Å². The molecule has 2 aliphatic carbocycles. The number of nitrogens with zero attached hydrogens (tertiary/aromatic N) is 6. The Morgan fingerprint density at radius 3 is 1.35 bits per heavy atom. The lowest BCUT2D eigenvalue weighted by Crippen LogP contribution is -2.32. The number of alkyl halides is 6. The zero-order valence-electron chi connectivity index (χ0n) is 23.0. The van der Waals surface area contributed by atoms with Crippen LogP contribution in [-0.2, 0) is 12.8 Å². The molecule has 1 aromatic carbocycles. The molecule has 3 aromatic rings. The lowest BCUT2D eigenvalue weighted by Gasteiger charge is -2.19. The zero-order chi connectivity index (χ0) is 35.3. The van der Waals surface area contributed by atoms with Crippen molar-refractivity contribution in [2.75, 3.05) is 0 Å². The van der Waals surface area contributed by atoms with Gasteiger partial charge in [-0.15, -0.1) is 26.3 Å². The molecule has 0 atom stereocenters. The standard InChI is InChI=1S/C30H8F10N6O2/c1-43-28(44-2)17-8-16-25(23(17)12-5-20(33)46-21(34)6-12)26(47-29(35,36)37)15-7-14(13(9-41)10-42)22(11-3-18(31)45-19(32)4-11)24(15)27(16)48-30(38,39)40/h3-6H,7-8H2. The average Bonchev–Trinajstić information content (AvgIpc) is 3.55. The van der Waals surface area contributed by atoms with Crippen LogP contribution in [0.25, 0.3) is 20.8 Å². The highest BCUT2D eigenvalue weighted by atomic mass is 19.4. The fourth-order valence-electron chi connectivity index (χ4n) is 5.54. The molecule has 2 aliphatic rings. The minimum absolute atomic E-state index is 0.468. The van der Waals surface area contributed by atoms with Crippen LogP contribution in [0.4, 0.5) is 43.9 Å². The first-order valence-electron chi connectivity index (χ1n) is 12.7. The van der Waals surface area contributed by atoms with Gasteiger partial charge in [-0.3, -0.25) is 0 Å². The Bertz CT molecular complexity index is 2080. The van der Waals surface area contributed by atoms with Crippen LogP contribution in [0.3, 0.4) is 0 Å². The Labute approximate surface area is 260 Å². The fraction of sp³-hybridized carbons (Fsp3) is 0.133. The van der Waals surface area contributed by atoms with E-state index in [2.05, 4.69) is 29.1 Å². The lowest BCUT2D eigenvalue weighted by molar-refractivity contribution is -0.277. The summed E-state index contributed by atoms with van der Waals surface area (Å²) in [6.45, 7) is 14.8. The molecule has 0 N–H and O–H groups in total. The predicted octanol–water partition coefficient (Wildman–Crippen LogP) is 5.73. The van der Waals surface area contributed by atoms with Gasteiger partial charge < -0.3 is 9.47 Å². The van der Waals surface area contributed by atoms with E-state index in [-0.39, 0.29) is 0 Å². The highest BCUT2D eigenvalue weighted by molar-refractivity contribution is 5.91. The predicted molar refractivity (Wildman–Crippen MR) is 138 cm³/mol. The van der Waals surface area contributed by atoms with Crippen molar-refractivity contribution in [2.45, 2.75) is 25.6 Å². The van der Waals surface area contributed by atoms with Gasteiger partial charge in [-0.25, -0.2) is 0 Å². The van der Waals surface area contributed by atoms with Crippen molar-refractivity contribution in [2.24, 2.45) is 0 Å². The van der Waals surface area contributed by atoms with Crippen LogP contribution in [0.2, 0.25) is 0 Å². The van der Waals surface area contributed by atoms with E-state index < -0.39 is 127 Å². The van der Waals surface area contributed by atoms with Gasteiger partial charge in [0.05, 0.1) is 5.57 Å². The maximum absolute atomic E-state index is 14.3. The molecule has 0 spiro atoms. The molecule has 18 heteroatoms. The van der Waals surface area contributed by atoms with Crippen LogP contribution < -0.4 is 19.9 Å². The van der Waals surface area contributed by atoms with Crippen molar-refractivity contribution >= 4 is 11.1 Å². The molecule has 5 rings (SSSR count). The van der Waals surface area contributed by atoms with E-state index in [1.54, 1.807) is 0 Å². The van der Waals surface area contributed by atoms with Gasteiger partial charge in [-0.05, 0) is 27.8 Å². The summed E-state index contributed by atoms with van der Waals surface area (Å²) >= 11 is 0. The minimum Gasteiger partial charge on any atom is -0.405 e. The van der Waals surface area contributed by atoms with Gasteiger partial charge in [0.2, 0.25) is 23.8 Å². The topological polar surface area (TPSA) is 101 Å². The Hall–Kier alpha value is -6.40. The van der Waals surface area contributed by atoms with Crippen LogP contribution in [0, 0.1) is 59.6 Å². The second-order valence-corrected chi connectivity index (χ2v) is 9.67. The lowest BCUT2D eigenvalue weighted by atomic mass is 9.96. The van der Waals surface area contributed by atoms with E-state index in [0.717, 1.165) is 0 Å². The molecule has 0 aliphatic heterocycles. The molecule has 0 fully saturated rings. The van der Waals surface area contributed by atoms with E-state index in [0.29, 0.717) is 24.3 Å². The molecule has 8 nitrogen and oxygen atoms in total. The third kappa shape index (κ3) is 5.95. The second-order valence-electron chi connectivity index (χ2n) is 9.67. The molecular formula is C30H8F10N6O2. The third-order valence-corrected chi connectivity index (χ3v) is 6.96. The quantitative estimate of drug-likeness (QED) is 0.152. The summed E-state index contributed by atoms with van der Waals surface area (Å²) in [5, 5.41) is 17.4. The maximum Gasteiger partial charge on any atom is 0.573 e. The molecule has 0 unspecified atom stereocenters. The Morgan fingerprint density at radius 1 is 0.667 bits per heavy atom. The molecule has 48 heavy (non-hydrogen) atoms. The fourth-order valence-corrected chi connectivity index (χ4v) is 5.54. The Balaban J connectivity index is 2.19. The zero-order valence-corrected chi connectivity index (χ0v) is 23.0. The summed E-state index contributed by atoms with van der Waals surface area (Å²) in [6.07, 6.45) is -13.3. The van der Waals surface area contributed by atoms with Crippen LogP contribution in [0.1, 0.15) is 22.3 Å². The van der Waals surface area contributed by atoms with Gasteiger partial charge in [0.25, 0.3) is 0 Å². The molecule has 0 amide bonds. The minimum atomic E-state index is -5.64. The van der Waals surface area contributed by atoms with E-state index in [1.165, 1.54) is 12.1 Å². The summed E-state index contributed by atoms with van der Waals surface area (Å²) in [4.78, 5) is 11.7. The summed E-state index contributed by atoms with van der Waals surface area (Å²) in [5.74, 6) is -9.78. The molecule has 0 saturated carbocycles. The number of nitriles is 2. The van der Waals surface area contributed by atoms with Crippen molar-refractivity contribution < 1.29 is 53.4 Å². The van der Waals surface area contributed by atoms with E-state index >= 15 is 0 Å². The van der Waals surface area contributed by atoms with Crippen molar-refractivity contribution in [3.63, 3.8) is 0 Å².